The highest BCUT2D eigenvalue weighted by Crippen LogP contribution is 2.25. The molecule has 4 nitrogen and oxygen atoms in total. The summed E-state index contributed by atoms with van der Waals surface area (Å²) in [6, 6.07) is 5.02. The third-order valence-corrected chi connectivity index (χ3v) is 3.19. The summed E-state index contributed by atoms with van der Waals surface area (Å²) in [6.07, 6.45) is 0. The summed E-state index contributed by atoms with van der Waals surface area (Å²) in [7, 11) is 0. The monoisotopic (exact) mass is 221 g/mol. The van der Waals surface area contributed by atoms with Crippen LogP contribution in [-0.2, 0) is 0 Å². The predicted octanol–water partition coefficient (Wildman–Crippen LogP) is 2.02. The average Bonchev–Trinajstić information content (AvgIpc) is 2.66. The van der Waals surface area contributed by atoms with E-state index in [9.17, 15) is 4.79 Å². The third-order valence-electron chi connectivity index (χ3n) is 1.93. The molecule has 0 amide bonds. The van der Waals surface area contributed by atoms with E-state index < -0.39 is 0 Å². The van der Waals surface area contributed by atoms with Crippen molar-refractivity contribution in [2.75, 3.05) is 0 Å². The highest BCUT2D eigenvalue weighted by atomic mass is 32.1. The first-order chi connectivity index (χ1) is 7.16. The molecule has 0 aliphatic heterocycles. The van der Waals surface area contributed by atoms with Gasteiger partial charge in [-0.1, -0.05) is 31.3 Å². The van der Waals surface area contributed by atoms with Crippen molar-refractivity contribution in [3.63, 3.8) is 0 Å². The summed E-state index contributed by atoms with van der Waals surface area (Å²) in [5.41, 5.74) is 0.612. The lowest BCUT2D eigenvalue weighted by Crippen LogP contribution is -2.03. The molecule has 78 valence electrons. The molecular formula is C10H11N3OS. The Morgan fingerprint density at radius 2 is 2.13 bits per heavy atom. The molecule has 0 aliphatic rings. The zero-order chi connectivity index (χ0) is 10.8. The first-order valence-electron chi connectivity index (χ1n) is 4.70. The molecule has 15 heavy (non-hydrogen) atoms. The van der Waals surface area contributed by atoms with Crippen molar-refractivity contribution in [2.45, 2.75) is 19.8 Å². The van der Waals surface area contributed by atoms with Crippen LogP contribution in [0.25, 0.3) is 10.7 Å². The number of rotatable bonds is 2. The number of nitrogens with one attached hydrogen (secondary N) is 1. The lowest BCUT2D eigenvalue weighted by atomic mass is 10.2. The molecule has 0 fully saturated rings. The van der Waals surface area contributed by atoms with Gasteiger partial charge in [0.05, 0.1) is 5.69 Å². The summed E-state index contributed by atoms with van der Waals surface area (Å²) in [5.74, 6) is 0.367. The zero-order valence-electron chi connectivity index (χ0n) is 8.52. The average molecular weight is 221 g/mol. The Morgan fingerprint density at radius 1 is 1.33 bits per heavy atom. The first-order valence-corrected chi connectivity index (χ1v) is 5.51. The molecule has 0 aromatic carbocycles. The smallest absolute Gasteiger partial charge is 0.248 e. The fraction of sp³-hybridized carbons (Fsp3) is 0.300. The van der Waals surface area contributed by atoms with E-state index in [2.05, 4.69) is 29.0 Å². The predicted molar refractivity (Wildman–Crippen MR) is 60.1 cm³/mol. The summed E-state index contributed by atoms with van der Waals surface area (Å²) in [6.45, 7) is 4.13. The molecule has 1 N–H and O–H groups in total. The van der Waals surface area contributed by atoms with Gasteiger partial charge < -0.3 is 4.98 Å². The highest BCUT2D eigenvalue weighted by Gasteiger charge is 2.09. The Labute approximate surface area is 91.0 Å². The Bertz CT molecular complexity index is 515. The van der Waals surface area contributed by atoms with Crippen molar-refractivity contribution in [3.05, 3.63) is 33.6 Å². The maximum absolute atomic E-state index is 11.1. The first kappa shape index (κ1) is 10.0. The van der Waals surface area contributed by atoms with Crippen molar-refractivity contribution in [2.24, 2.45) is 0 Å². The quantitative estimate of drug-likeness (QED) is 0.844. The van der Waals surface area contributed by atoms with E-state index in [4.69, 9.17) is 0 Å². The summed E-state index contributed by atoms with van der Waals surface area (Å²) >= 11 is 1.51. The van der Waals surface area contributed by atoms with Gasteiger partial charge in [0.15, 0.2) is 5.01 Å². The fourth-order valence-corrected chi connectivity index (χ4v) is 1.98. The van der Waals surface area contributed by atoms with E-state index in [1.54, 1.807) is 6.07 Å². The Morgan fingerprint density at radius 3 is 2.73 bits per heavy atom. The van der Waals surface area contributed by atoms with E-state index in [0.29, 0.717) is 5.92 Å². The van der Waals surface area contributed by atoms with Crippen LogP contribution in [0.1, 0.15) is 24.8 Å². The van der Waals surface area contributed by atoms with Crippen LogP contribution in [0.3, 0.4) is 0 Å². The maximum atomic E-state index is 11.1. The Balaban J connectivity index is 2.41. The van der Waals surface area contributed by atoms with Crippen molar-refractivity contribution >= 4 is 11.3 Å². The maximum Gasteiger partial charge on any atom is 0.248 e. The van der Waals surface area contributed by atoms with Gasteiger partial charge in [0.25, 0.3) is 0 Å². The van der Waals surface area contributed by atoms with E-state index in [-0.39, 0.29) is 5.56 Å². The molecular weight excluding hydrogens is 210 g/mol. The lowest BCUT2D eigenvalue weighted by molar-refractivity contribution is 0.825. The molecule has 0 radical (unpaired) electrons. The van der Waals surface area contributed by atoms with Crippen LogP contribution in [-0.4, -0.2) is 15.2 Å². The number of H-pyrrole nitrogens is 1. The normalized spacial score (nSPS) is 10.9. The van der Waals surface area contributed by atoms with E-state index in [1.807, 2.05) is 6.07 Å². The minimum absolute atomic E-state index is 0.117. The number of nitrogens with zero attached hydrogens (tertiary/aromatic N) is 2. The van der Waals surface area contributed by atoms with Crippen LogP contribution < -0.4 is 5.56 Å². The minimum Gasteiger partial charge on any atom is -0.320 e. The van der Waals surface area contributed by atoms with Crippen LogP contribution in [0.5, 0.6) is 0 Å². The number of pyridine rings is 1. The van der Waals surface area contributed by atoms with Crippen LogP contribution in [0.4, 0.5) is 0 Å². The molecule has 2 aromatic rings. The second-order valence-corrected chi connectivity index (χ2v) is 4.54. The largest absolute Gasteiger partial charge is 0.320 e. The third kappa shape index (κ3) is 2.12. The summed E-state index contributed by atoms with van der Waals surface area (Å²) < 4.78 is 0. The molecule has 0 aliphatic carbocycles. The molecule has 0 unspecified atom stereocenters. The SMILES string of the molecule is CC(C)c1nnc(-c2cccc(=O)[nH]2)s1. The van der Waals surface area contributed by atoms with Gasteiger partial charge in [0.1, 0.15) is 5.01 Å². The topological polar surface area (TPSA) is 58.6 Å². The molecule has 2 rings (SSSR count). The van der Waals surface area contributed by atoms with E-state index >= 15 is 0 Å². The van der Waals surface area contributed by atoms with Gasteiger partial charge in [-0.05, 0) is 6.07 Å². The molecule has 0 atom stereocenters. The number of hydrogen-bond acceptors (Lipinski definition) is 4. The fourth-order valence-electron chi connectivity index (χ4n) is 1.15. The number of aromatic nitrogens is 3. The van der Waals surface area contributed by atoms with Crippen LogP contribution in [0.15, 0.2) is 23.0 Å². The number of hydrogen-bond donors (Lipinski definition) is 1. The molecule has 5 heteroatoms. The summed E-state index contributed by atoms with van der Waals surface area (Å²) in [4.78, 5) is 13.8. The lowest BCUT2D eigenvalue weighted by Gasteiger charge is -1.94. The molecule has 2 aromatic heterocycles. The van der Waals surface area contributed by atoms with Crippen molar-refractivity contribution < 1.29 is 0 Å². The second-order valence-electron chi connectivity index (χ2n) is 3.53. The van der Waals surface area contributed by atoms with E-state index in [1.165, 1.54) is 17.4 Å². The number of aromatic amines is 1. The minimum atomic E-state index is -0.117. The van der Waals surface area contributed by atoms with Gasteiger partial charge in [0.2, 0.25) is 5.56 Å². The van der Waals surface area contributed by atoms with Gasteiger partial charge >= 0.3 is 0 Å². The second kappa shape index (κ2) is 3.94. The Hall–Kier alpha value is -1.49. The van der Waals surface area contributed by atoms with Gasteiger partial charge in [-0.3, -0.25) is 4.79 Å². The standard InChI is InChI=1S/C10H11N3OS/c1-6(2)9-12-13-10(15-9)7-4-3-5-8(14)11-7/h3-6H,1-2H3,(H,11,14). The molecule has 0 saturated heterocycles. The van der Waals surface area contributed by atoms with Gasteiger partial charge in [-0.25, -0.2) is 0 Å². The van der Waals surface area contributed by atoms with Crippen molar-refractivity contribution in [1.82, 2.24) is 15.2 Å². The van der Waals surface area contributed by atoms with Crippen LogP contribution in [0, 0.1) is 0 Å². The zero-order valence-corrected chi connectivity index (χ0v) is 9.34. The summed E-state index contributed by atoms with van der Waals surface area (Å²) in [5, 5.41) is 9.86. The molecule has 0 spiro atoms. The molecule has 0 bridgehead atoms. The van der Waals surface area contributed by atoms with Gasteiger partial charge in [-0.2, -0.15) is 0 Å². The van der Waals surface area contributed by atoms with Crippen molar-refractivity contribution in [3.8, 4) is 10.7 Å². The van der Waals surface area contributed by atoms with E-state index in [0.717, 1.165) is 15.7 Å². The van der Waals surface area contributed by atoms with Crippen LogP contribution in [0.2, 0.25) is 0 Å². The van der Waals surface area contributed by atoms with Crippen LogP contribution >= 0.6 is 11.3 Å². The van der Waals surface area contributed by atoms with Crippen molar-refractivity contribution in [1.29, 1.82) is 0 Å². The van der Waals surface area contributed by atoms with Gasteiger partial charge in [-0.15, -0.1) is 10.2 Å². The Kier molecular flexibility index (Phi) is 2.64. The van der Waals surface area contributed by atoms with Gasteiger partial charge in [0, 0.05) is 12.0 Å². The molecule has 0 saturated carbocycles. The highest BCUT2D eigenvalue weighted by molar-refractivity contribution is 7.14. The molecule has 2 heterocycles.